The van der Waals surface area contributed by atoms with Gasteiger partial charge in [-0.15, -0.1) is 0 Å². The number of nitrogens with zero attached hydrogens (tertiary/aromatic N) is 3. The van der Waals surface area contributed by atoms with Crippen LogP contribution >= 0.6 is 0 Å². The summed E-state index contributed by atoms with van der Waals surface area (Å²) in [5.41, 5.74) is -0.959. The van der Waals surface area contributed by atoms with E-state index in [1.54, 1.807) is 0 Å². The monoisotopic (exact) mass is 713 g/mol. The molecule has 1 aromatic heterocycles. The lowest BCUT2D eigenvalue weighted by Crippen LogP contribution is -2.56. The number of ether oxygens (including phenoxy) is 1. The average Bonchev–Trinajstić information content (AvgIpc) is 3.71. The first-order valence-electron chi connectivity index (χ1n) is 17.0. The molecular formula is C35H51N7O7S. The lowest BCUT2D eigenvalue weighted by atomic mass is 9.88. The number of aromatic nitrogens is 2. The summed E-state index contributed by atoms with van der Waals surface area (Å²) in [7, 11) is -3.11. The van der Waals surface area contributed by atoms with E-state index in [9.17, 15) is 27.9 Å². The second-order valence-electron chi connectivity index (χ2n) is 14.2. The van der Waals surface area contributed by atoms with Gasteiger partial charge in [0, 0.05) is 38.9 Å². The van der Waals surface area contributed by atoms with E-state index in [1.165, 1.54) is 25.3 Å². The number of hydrogen-bond donors (Lipinski definition) is 5. The minimum atomic E-state index is -4.33. The van der Waals surface area contributed by atoms with Crippen molar-refractivity contribution in [1.29, 1.82) is 0 Å². The normalized spacial score (nSPS) is 15.3. The molecule has 14 nitrogen and oxygen atoms in total. The van der Waals surface area contributed by atoms with E-state index >= 15 is 0 Å². The van der Waals surface area contributed by atoms with Crippen LogP contribution in [0.2, 0.25) is 0 Å². The van der Waals surface area contributed by atoms with Gasteiger partial charge in [-0.05, 0) is 61.0 Å². The van der Waals surface area contributed by atoms with Crippen molar-refractivity contribution < 1.29 is 32.6 Å². The number of fused-ring (bicyclic) bond motifs is 1. The highest BCUT2D eigenvalue weighted by Crippen LogP contribution is 2.32. The molecule has 4 rings (SSSR count). The fourth-order valence-corrected chi connectivity index (χ4v) is 7.88. The SMILES string of the molecule is COC(=O)Nc1nc2cc(S(=O)(=O)N(CC(C)C)C(O)(CCNC(=O)CC(C)(C)CNC(=O)CN3CCCC3)Cc3ccccc3)ccc2[nH]1. The topological polar surface area (TPSA) is 186 Å². The minimum absolute atomic E-state index is 0.00246. The van der Waals surface area contributed by atoms with Crippen molar-refractivity contribution in [3.63, 3.8) is 0 Å². The Balaban J connectivity index is 1.51. The summed E-state index contributed by atoms with van der Waals surface area (Å²) in [5, 5.41) is 20.6. The highest BCUT2D eigenvalue weighted by Gasteiger charge is 2.43. The molecule has 3 amide bonds. The van der Waals surface area contributed by atoms with E-state index in [2.05, 4.69) is 35.6 Å². The van der Waals surface area contributed by atoms with Crippen molar-refractivity contribution in [3.05, 3.63) is 54.1 Å². The summed E-state index contributed by atoms with van der Waals surface area (Å²) in [6.07, 6.45) is 1.46. The Morgan fingerprint density at radius 1 is 1.06 bits per heavy atom. The van der Waals surface area contributed by atoms with Crippen molar-refractivity contribution in [2.45, 2.75) is 70.4 Å². The van der Waals surface area contributed by atoms with Gasteiger partial charge in [0.25, 0.3) is 0 Å². The van der Waals surface area contributed by atoms with E-state index in [0.29, 0.717) is 18.6 Å². The molecule has 2 heterocycles. The van der Waals surface area contributed by atoms with Crippen LogP contribution in [-0.2, 0) is 30.8 Å². The quantitative estimate of drug-likeness (QED) is 0.131. The highest BCUT2D eigenvalue weighted by molar-refractivity contribution is 7.89. The number of benzene rings is 2. The van der Waals surface area contributed by atoms with Crippen molar-refractivity contribution in [2.24, 2.45) is 11.3 Å². The van der Waals surface area contributed by atoms with Gasteiger partial charge in [-0.3, -0.25) is 19.8 Å². The van der Waals surface area contributed by atoms with Gasteiger partial charge in [-0.25, -0.2) is 18.2 Å². The van der Waals surface area contributed by atoms with Gasteiger partial charge in [0.15, 0.2) is 0 Å². The Hall–Kier alpha value is -4.05. The molecule has 5 N–H and O–H groups in total. The molecule has 0 bridgehead atoms. The maximum absolute atomic E-state index is 14.4. The second kappa shape index (κ2) is 16.8. The number of carbonyl (C=O) groups excluding carboxylic acids is 3. The van der Waals surface area contributed by atoms with Crippen LogP contribution in [0.4, 0.5) is 10.7 Å². The van der Waals surface area contributed by atoms with Crippen LogP contribution in [-0.4, -0.2) is 103 Å². The maximum atomic E-state index is 14.4. The number of aromatic amines is 1. The molecular weight excluding hydrogens is 662 g/mol. The van der Waals surface area contributed by atoms with E-state index < -0.39 is 27.3 Å². The molecule has 274 valence electrons. The zero-order valence-electron chi connectivity index (χ0n) is 29.6. The molecule has 0 saturated carbocycles. The first-order valence-corrected chi connectivity index (χ1v) is 18.4. The third-order valence-corrected chi connectivity index (χ3v) is 10.5. The van der Waals surface area contributed by atoms with Crippen LogP contribution in [0.25, 0.3) is 11.0 Å². The van der Waals surface area contributed by atoms with Crippen molar-refractivity contribution in [2.75, 3.05) is 51.7 Å². The number of amides is 3. The van der Waals surface area contributed by atoms with E-state index in [1.807, 2.05) is 58.0 Å². The molecule has 0 radical (unpaired) electrons. The smallest absolute Gasteiger partial charge is 0.413 e. The number of anilines is 1. The zero-order chi connectivity index (χ0) is 36.5. The van der Waals surface area contributed by atoms with Crippen LogP contribution in [0, 0.1) is 11.3 Å². The molecule has 1 aliphatic rings. The van der Waals surface area contributed by atoms with E-state index in [0.717, 1.165) is 35.8 Å². The summed E-state index contributed by atoms with van der Waals surface area (Å²) in [4.78, 5) is 46.4. The summed E-state index contributed by atoms with van der Waals surface area (Å²) in [5.74, 6) is -0.412. The van der Waals surface area contributed by atoms with Crippen LogP contribution in [0.1, 0.15) is 58.9 Å². The first-order chi connectivity index (χ1) is 23.6. The van der Waals surface area contributed by atoms with E-state index in [4.69, 9.17) is 0 Å². The third-order valence-electron chi connectivity index (χ3n) is 8.59. The summed E-state index contributed by atoms with van der Waals surface area (Å²) in [6, 6.07) is 13.4. The third kappa shape index (κ3) is 10.7. The molecule has 3 aromatic rings. The van der Waals surface area contributed by atoms with Crippen LogP contribution < -0.4 is 16.0 Å². The number of sulfonamides is 1. The summed E-state index contributed by atoms with van der Waals surface area (Å²) < 4.78 is 34.6. The number of nitrogens with one attached hydrogen (secondary N) is 4. The predicted octanol–water partition coefficient (Wildman–Crippen LogP) is 3.45. The number of hydrogen-bond acceptors (Lipinski definition) is 9. The van der Waals surface area contributed by atoms with Crippen LogP contribution in [0.15, 0.2) is 53.4 Å². The Kier molecular flexibility index (Phi) is 13.0. The molecule has 1 unspecified atom stereocenters. The highest BCUT2D eigenvalue weighted by atomic mass is 32.2. The van der Waals surface area contributed by atoms with Gasteiger partial charge in [-0.1, -0.05) is 58.0 Å². The van der Waals surface area contributed by atoms with Crippen LogP contribution in [0.5, 0.6) is 0 Å². The second-order valence-corrected chi connectivity index (χ2v) is 16.0. The minimum Gasteiger partial charge on any atom is -0.453 e. The fourth-order valence-electron chi connectivity index (χ4n) is 6.03. The van der Waals surface area contributed by atoms with Crippen molar-refractivity contribution >= 4 is 44.9 Å². The molecule has 2 aromatic carbocycles. The predicted molar refractivity (Wildman–Crippen MR) is 191 cm³/mol. The van der Waals surface area contributed by atoms with Gasteiger partial charge in [0.1, 0.15) is 5.72 Å². The molecule has 0 spiro atoms. The molecule has 1 atom stereocenters. The van der Waals surface area contributed by atoms with Gasteiger partial charge >= 0.3 is 6.09 Å². The van der Waals surface area contributed by atoms with Gasteiger partial charge < -0.3 is 25.5 Å². The Morgan fingerprint density at radius 3 is 2.42 bits per heavy atom. The molecule has 1 aliphatic heterocycles. The molecule has 0 aliphatic carbocycles. The number of aliphatic hydroxyl groups is 1. The number of carbonyl (C=O) groups is 3. The zero-order valence-corrected chi connectivity index (χ0v) is 30.4. The summed E-state index contributed by atoms with van der Waals surface area (Å²) >= 11 is 0. The molecule has 1 fully saturated rings. The Morgan fingerprint density at radius 2 is 1.76 bits per heavy atom. The summed E-state index contributed by atoms with van der Waals surface area (Å²) in [6.45, 7) is 10.0. The number of rotatable bonds is 17. The number of imidazole rings is 1. The van der Waals surface area contributed by atoms with Crippen LogP contribution in [0.3, 0.4) is 0 Å². The van der Waals surface area contributed by atoms with E-state index in [-0.39, 0.29) is 66.4 Å². The average molecular weight is 714 g/mol. The number of methoxy groups -OCH3 is 1. The van der Waals surface area contributed by atoms with Crippen molar-refractivity contribution in [1.82, 2.24) is 29.8 Å². The lowest BCUT2D eigenvalue weighted by Gasteiger charge is -2.40. The Labute approximate surface area is 294 Å². The number of likely N-dealkylation sites (tertiary alicyclic amines) is 1. The standard InChI is InChI=1S/C35H51N7O7S/c1-25(2)22-42(50(47,48)27-13-14-28-29(19-27)39-32(38-28)40-33(45)49-5)35(46,20-26-11-7-6-8-12-26)15-16-36-30(43)21-34(3,4)24-37-31(44)23-41-17-9-10-18-41/h6-8,11-14,19,25,46H,9-10,15-18,20-24H2,1-5H3,(H,36,43)(H,37,44)(H2,38,39,40,45). The molecule has 50 heavy (non-hydrogen) atoms. The lowest BCUT2D eigenvalue weighted by molar-refractivity contribution is -0.125. The van der Waals surface area contributed by atoms with Crippen molar-refractivity contribution in [3.8, 4) is 0 Å². The Bertz CT molecular complexity index is 1720. The van der Waals surface area contributed by atoms with Gasteiger partial charge in [0.2, 0.25) is 27.8 Å². The first kappa shape index (κ1) is 38.7. The van der Waals surface area contributed by atoms with Gasteiger partial charge in [0.05, 0.1) is 29.6 Å². The molecule has 15 heteroatoms. The largest absolute Gasteiger partial charge is 0.453 e. The molecule has 1 saturated heterocycles. The van der Waals surface area contributed by atoms with Gasteiger partial charge in [-0.2, -0.15) is 4.31 Å². The fraction of sp³-hybridized carbons (Fsp3) is 0.543. The maximum Gasteiger partial charge on any atom is 0.413 e. The number of H-pyrrole nitrogens is 1.